The summed E-state index contributed by atoms with van der Waals surface area (Å²) in [5.74, 6) is 0.392. The normalized spacial score (nSPS) is 10.4. The molecule has 0 aliphatic heterocycles. The van der Waals surface area contributed by atoms with Crippen LogP contribution in [0.25, 0.3) is 0 Å². The molecule has 0 aliphatic rings. The molecule has 0 bridgehead atoms. The van der Waals surface area contributed by atoms with E-state index >= 15 is 0 Å². The average molecular weight is 369 g/mol. The number of para-hydroxylation sites is 1. The maximum Gasteiger partial charge on any atom is 0.275 e. The van der Waals surface area contributed by atoms with E-state index in [1.54, 1.807) is 0 Å². The molecule has 1 amide bonds. The van der Waals surface area contributed by atoms with Crippen LogP contribution in [0.1, 0.15) is 48.6 Å². The van der Waals surface area contributed by atoms with Crippen LogP contribution in [-0.4, -0.2) is 22.4 Å². The lowest BCUT2D eigenvalue weighted by Gasteiger charge is -2.12. The molecule has 0 unspecified atom stereocenters. The number of benzene rings is 1. The molecular formula is C17H22Cl2N4O. The lowest BCUT2D eigenvalue weighted by Crippen LogP contribution is -2.19. The van der Waals surface area contributed by atoms with E-state index in [1.165, 1.54) is 6.20 Å². The third-order valence-corrected chi connectivity index (χ3v) is 3.60. The number of carbonyl (C=O) groups excluding carboxylic acids is 1. The molecule has 7 heteroatoms. The Balaban J connectivity index is 0.00000288. The first-order chi connectivity index (χ1) is 11.0. The van der Waals surface area contributed by atoms with Gasteiger partial charge in [-0.3, -0.25) is 4.79 Å². The van der Waals surface area contributed by atoms with Gasteiger partial charge in [0.05, 0.1) is 11.2 Å². The quantitative estimate of drug-likeness (QED) is 0.807. The minimum atomic E-state index is -0.330. The van der Waals surface area contributed by atoms with Crippen molar-refractivity contribution in [2.24, 2.45) is 0 Å². The maximum atomic E-state index is 12.5. The fourth-order valence-electron chi connectivity index (χ4n) is 2.06. The lowest BCUT2D eigenvalue weighted by molar-refractivity contribution is 0.102. The highest BCUT2D eigenvalue weighted by atomic mass is 35.5. The Morgan fingerprint density at radius 2 is 2.00 bits per heavy atom. The van der Waals surface area contributed by atoms with Crippen LogP contribution in [0.3, 0.4) is 0 Å². The minimum absolute atomic E-state index is 0. The lowest BCUT2D eigenvalue weighted by atomic mass is 10.1. The van der Waals surface area contributed by atoms with Crippen LogP contribution in [0.4, 0.5) is 5.69 Å². The van der Waals surface area contributed by atoms with Crippen LogP contribution in [0.2, 0.25) is 5.02 Å². The Kier molecular flexibility index (Phi) is 8.11. The molecule has 1 heterocycles. The molecule has 0 saturated carbocycles. The third kappa shape index (κ3) is 5.16. The summed E-state index contributed by atoms with van der Waals surface area (Å²) in [5.41, 5.74) is 1.96. The van der Waals surface area contributed by atoms with Crippen LogP contribution >= 0.6 is 24.0 Å². The summed E-state index contributed by atoms with van der Waals surface area (Å²) in [6, 6.07) is 7.66. The number of nitrogens with zero attached hydrogens (tertiary/aromatic N) is 2. The number of hydrogen-bond acceptors (Lipinski definition) is 4. The number of amides is 1. The average Bonchev–Trinajstić information content (AvgIpc) is 2.54. The van der Waals surface area contributed by atoms with Gasteiger partial charge >= 0.3 is 0 Å². The van der Waals surface area contributed by atoms with Gasteiger partial charge in [0.25, 0.3) is 5.91 Å². The topological polar surface area (TPSA) is 66.9 Å². The van der Waals surface area contributed by atoms with Crippen molar-refractivity contribution in [3.8, 4) is 0 Å². The van der Waals surface area contributed by atoms with Gasteiger partial charge in [0.15, 0.2) is 5.69 Å². The number of rotatable bonds is 6. The van der Waals surface area contributed by atoms with E-state index in [1.807, 2.05) is 45.0 Å². The molecule has 0 aliphatic carbocycles. The Morgan fingerprint density at radius 3 is 2.67 bits per heavy atom. The molecule has 0 atom stereocenters. The molecule has 130 valence electrons. The van der Waals surface area contributed by atoms with Crippen LogP contribution in [-0.2, 0) is 6.54 Å². The first kappa shape index (κ1) is 20.4. The smallest absolute Gasteiger partial charge is 0.275 e. The number of nitrogens with one attached hydrogen (secondary N) is 2. The number of halogens is 2. The summed E-state index contributed by atoms with van der Waals surface area (Å²) >= 11 is 6.09. The summed E-state index contributed by atoms with van der Waals surface area (Å²) in [4.78, 5) is 21.0. The molecular weight excluding hydrogens is 347 g/mol. The largest absolute Gasteiger partial charge is 0.320 e. The van der Waals surface area contributed by atoms with Crippen LogP contribution in [0.5, 0.6) is 0 Å². The fraction of sp³-hybridized carbons (Fsp3) is 0.353. The molecule has 2 N–H and O–H groups in total. The van der Waals surface area contributed by atoms with Crippen molar-refractivity contribution in [1.29, 1.82) is 0 Å². The summed E-state index contributed by atoms with van der Waals surface area (Å²) in [7, 11) is 0. The zero-order valence-electron chi connectivity index (χ0n) is 14.0. The van der Waals surface area contributed by atoms with Gasteiger partial charge in [-0.05, 0) is 18.2 Å². The van der Waals surface area contributed by atoms with Gasteiger partial charge in [0.2, 0.25) is 0 Å². The molecule has 0 saturated heterocycles. The van der Waals surface area contributed by atoms with Crippen molar-refractivity contribution in [2.45, 2.75) is 33.2 Å². The van der Waals surface area contributed by atoms with Crippen molar-refractivity contribution in [2.75, 3.05) is 11.9 Å². The highest BCUT2D eigenvalue weighted by molar-refractivity contribution is 6.33. The molecule has 1 aromatic heterocycles. The van der Waals surface area contributed by atoms with Gasteiger partial charge in [0, 0.05) is 18.2 Å². The van der Waals surface area contributed by atoms with Crippen LogP contribution in [0, 0.1) is 0 Å². The van der Waals surface area contributed by atoms with Crippen molar-refractivity contribution >= 4 is 35.6 Å². The van der Waals surface area contributed by atoms with Crippen molar-refractivity contribution < 1.29 is 4.79 Å². The monoisotopic (exact) mass is 368 g/mol. The molecule has 2 aromatic rings. The van der Waals surface area contributed by atoms with Gasteiger partial charge in [-0.25, -0.2) is 9.97 Å². The maximum absolute atomic E-state index is 12.5. The predicted molar refractivity (Wildman–Crippen MR) is 100 cm³/mol. The van der Waals surface area contributed by atoms with Gasteiger partial charge in [0.1, 0.15) is 5.82 Å². The predicted octanol–water partition coefficient (Wildman–Crippen LogP) is 4.04. The number of anilines is 1. The highest BCUT2D eigenvalue weighted by Crippen LogP contribution is 2.20. The molecule has 24 heavy (non-hydrogen) atoms. The van der Waals surface area contributed by atoms with Crippen LogP contribution < -0.4 is 10.6 Å². The summed E-state index contributed by atoms with van der Waals surface area (Å²) in [6.07, 6.45) is 1.48. The Bertz CT molecular complexity index is 692. The van der Waals surface area contributed by atoms with Gasteiger partial charge in [-0.15, -0.1) is 12.4 Å². The van der Waals surface area contributed by atoms with Crippen molar-refractivity contribution in [1.82, 2.24) is 15.3 Å². The second-order valence-corrected chi connectivity index (χ2v) is 5.88. The van der Waals surface area contributed by atoms with Gasteiger partial charge in [-0.1, -0.05) is 50.6 Å². The van der Waals surface area contributed by atoms with Crippen LogP contribution in [0.15, 0.2) is 30.5 Å². The molecule has 1 aromatic carbocycles. The first-order valence-electron chi connectivity index (χ1n) is 7.65. The SMILES string of the molecule is CCNCc1ccccc1NC(=O)c1nc(C(C)C)ncc1Cl.Cl. The zero-order chi connectivity index (χ0) is 16.8. The first-order valence-corrected chi connectivity index (χ1v) is 8.03. The van der Waals surface area contributed by atoms with E-state index in [9.17, 15) is 4.79 Å². The zero-order valence-corrected chi connectivity index (χ0v) is 15.5. The minimum Gasteiger partial charge on any atom is -0.320 e. The van der Waals surface area contributed by atoms with Gasteiger partial charge in [-0.2, -0.15) is 0 Å². The second-order valence-electron chi connectivity index (χ2n) is 5.47. The Hall–Kier alpha value is -1.69. The molecule has 5 nitrogen and oxygen atoms in total. The highest BCUT2D eigenvalue weighted by Gasteiger charge is 2.16. The van der Waals surface area contributed by atoms with E-state index in [0.717, 1.165) is 17.8 Å². The summed E-state index contributed by atoms with van der Waals surface area (Å²) in [6.45, 7) is 7.52. The third-order valence-electron chi connectivity index (χ3n) is 3.33. The van der Waals surface area contributed by atoms with E-state index in [2.05, 4.69) is 20.6 Å². The van der Waals surface area contributed by atoms with Crippen molar-refractivity contribution in [3.63, 3.8) is 0 Å². The van der Waals surface area contributed by atoms with E-state index in [4.69, 9.17) is 11.6 Å². The Labute approximate surface area is 153 Å². The summed E-state index contributed by atoms with van der Waals surface area (Å²) < 4.78 is 0. The number of hydrogen-bond donors (Lipinski definition) is 2. The van der Waals surface area contributed by atoms with E-state index in [0.29, 0.717) is 12.4 Å². The molecule has 0 radical (unpaired) electrons. The molecule has 0 spiro atoms. The second kappa shape index (κ2) is 9.57. The molecule has 2 rings (SSSR count). The molecule has 0 fully saturated rings. The number of carbonyl (C=O) groups is 1. The van der Waals surface area contributed by atoms with Gasteiger partial charge < -0.3 is 10.6 Å². The van der Waals surface area contributed by atoms with Crippen molar-refractivity contribution in [3.05, 3.63) is 52.6 Å². The van der Waals surface area contributed by atoms with E-state index < -0.39 is 0 Å². The Morgan fingerprint density at radius 1 is 1.29 bits per heavy atom. The number of aromatic nitrogens is 2. The fourth-order valence-corrected chi connectivity index (χ4v) is 2.23. The summed E-state index contributed by atoms with van der Waals surface area (Å²) in [5, 5.41) is 6.39. The standard InChI is InChI=1S/C17H21ClN4O.ClH/c1-4-19-9-12-7-5-6-8-14(12)21-17(23)15-13(18)10-20-16(22-15)11(2)3;/h5-8,10-11,19H,4,9H2,1-3H3,(H,21,23);1H. The van der Waals surface area contributed by atoms with E-state index in [-0.39, 0.29) is 34.9 Å².